The highest BCUT2D eigenvalue weighted by Crippen LogP contribution is 2.36. The molecule has 2 rings (SSSR count). The number of benzene rings is 2. The molecule has 0 bridgehead atoms. The van der Waals surface area contributed by atoms with Crippen molar-refractivity contribution < 1.29 is 14.6 Å². The van der Waals surface area contributed by atoms with E-state index in [0.29, 0.717) is 5.02 Å². The molecule has 10 heteroatoms. The lowest BCUT2D eigenvalue weighted by molar-refractivity contribution is -0.393. The van der Waals surface area contributed by atoms with Gasteiger partial charge in [-0.2, -0.15) is 0 Å². The lowest BCUT2D eigenvalue weighted by Gasteiger charge is -2.08. The maximum absolute atomic E-state index is 12.1. The second-order valence-corrected chi connectivity index (χ2v) is 5.14. The molecule has 2 aromatic rings. The molecule has 0 unspecified atom stereocenters. The average molecular weight is 356 g/mol. The van der Waals surface area contributed by atoms with Crippen LogP contribution in [0.4, 0.5) is 17.1 Å². The summed E-state index contributed by atoms with van der Waals surface area (Å²) in [6.07, 6.45) is 0. The average Bonchev–Trinajstić information content (AvgIpc) is 2.49. The molecule has 23 heavy (non-hydrogen) atoms. The number of carbonyl (C=O) groups is 1. The van der Waals surface area contributed by atoms with Crippen LogP contribution < -0.4 is 5.32 Å². The molecule has 0 aliphatic carbocycles. The molecule has 0 aliphatic heterocycles. The van der Waals surface area contributed by atoms with Crippen molar-refractivity contribution >= 4 is 46.2 Å². The van der Waals surface area contributed by atoms with E-state index in [0.717, 1.165) is 12.1 Å². The largest absolute Gasteiger partial charge is 0.315 e. The number of halogens is 2. The third kappa shape index (κ3) is 3.74. The van der Waals surface area contributed by atoms with Gasteiger partial charge in [0.1, 0.15) is 5.69 Å². The number of nitro groups is 2. The van der Waals surface area contributed by atoms with Gasteiger partial charge in [-0.1, -0.05) is 23.2 Å². The van der Waals surface area contributed by atoms with Crippen molar-refractivity contribution in [2.75, 3.05) is 5.32 Å². The molecule has 0 fully saturated rings. The molecule has 0 atom stereocenters. The fourth-order valence-corrected chi connectivity index (χ4v) is 2.12. The zero-order chi connectivity index (χ0) is 17.1. The summed E-state index contributed by atoms with van der Waals surface area (Å²) >= 11 is 11.5. The van der Waals surface area contributed by atoms with Crippen molar-refractivity contribution in [2.45, 2.75) is 0 Å². The fourth-order valence-electron chi connectivity index (χ4n) is 1.74. The van der Waals surface area contributed by atoms with Crippen LogP contribution in [0, 0.1) is 20.2 Å². The Morgan fingerprint density at radius 2 is 1.61 bits per heavy atom. The molecule has 0 heterocycles. The summed E-state index contributed by atoms with van der Waals surface area (Å²) in [5.41, 5.74) is -1.35. The van der Waals surface area contributed by atoms with Crippen molar-refractivity contribution in [3.8, 4) is 0 Å². The smallest absolute Gasteiger partial charge is 0.301 e. The Morgan fingerprint density at radius 1 is 1.00 bits per heavy atom. The number of nitro benzene ring substituents is 2. The Morgan fingerprint density at radius 3 is 2.13 bits per heavy atom. The van der Waals surface area contributed by atoms with Gasteiger partial charge in [0.15, 0.2) is 0 Å². The van der Waals surface area contributed by atoms with E-state index < -0.39 is 27.1 Å². The van der Waals surface area contributed by atoms with Gasteiger partial charge in [0.05, 0.1) is 20.9 Å². The van der Waals surface area contributed by atoms with Gasteiger partial charge in [0, 0.05) is 16.7 Å². The number of non-ortho nitro benzene ring substituents is 1. The second-order valence-electron chi connectivity index (χ2n) is 4.30. The van der Waals surface area contributed by atoms with E-state index in [2.05, 4.69) is 5.32 Å². The van der Waals surface area contributed by atoms with E-state index >= 15 is 0 Å². The van der Waals surface area contributed by atoms with Crippen molar-refractivity contribution in [2.24, 2.45) is 0 Å². The van der Waals surface area contributed by atoms with Crippen LogP contribution in [0.25, 0.3) is 0 Å². The number of nitrogens with one attached hydrogen (secondary N) is 1. The highest BCUT2D eigenvalue weighted by atomic mass is 35.5. The van der Waals surface area contributed by atoms with Crippen molar-refractivity contribution in [1.29, 1.82) is 0 Å². The number of amides is 1. The van der Waals surface area contributed by atoms with Gasteiger partial charge in [-0.05, 0) is 24.3 Å². The summed E-state index contributed by atoms with van der Waals surface area (Å²) < 4.78 is 0. The van der Waals surface area contributed by atoms with Crippen LogP contribution in [0.3, 0.4) is 0 Å². The minimum absolute atomic E-state index is 0.193. The third-order valence-corrected chi connectivity index (χ3v) is 3.36. The molecule has 0 spiro atoms. The molecular formula is C13H7Cl2N3O5. The number of anilines is 1. The van der Waals surface area contributed by atoms with Crippen LogP contribution in [-0.4, -0.2) is 15.8 Å². The van der Waals surface area contributed by atoms with Gasteiger partial charge >= 0.3 is 5.69 Å². The number of carbonyl (C=O) groups excluding carboxylic acids is 1. The number of rotatable bonds is 4. The zero-order valence-corrected chi connectivity index (χ0v) is 12.7. The Kier molecular flexibility index (Phi) is 4.77. The third-order valence-electron chi connectivity index (χ3n) is 2.81. The van der Waals surface area contributed by atoms with Crippen molar-refractivity contribution in [1.82, 2.24) is 0 Å². The highest BCUT2D eigenvalue weighted by molar-refractivity contribution is 6.35. The first-order valence-corrected chi connectivity index (χ1v) is 6.74. The summed E-state index contributed by atoms with van der Waals surface area (Å²) in [5.74, 6) is -0.666. The minimum atomic E-state index is -0.865. The first kappa shape index (κ1) is 16.7. The van der Waals surface area contributed by atoms with E-state index in [1.54, 1.807) is 0 Å². The first-order chi connectivity index (χ1) is 10.8. The van der Waals surface area contributed by atoms with Gasteiger partial charge in [-0.3, -0.25) is 25.0 Å². The van der Waals surface area contributed by atoms with E-state index in [9.17, 15) is 25.0 Å². The monoisotopic (exact) mass is 355 g/mol. The molecule has 0 aliphatic rings. The minimum Gasteiger partial charge on any atom is -0.315 e. The standard InChI is InChI=1S/C13H7Cl2N3O5/c14-8-3-1-7(2-4-8)13(19)16-12-10(15)5-9(17(20)21)6-11(12)18(22)23/h1-6H,(H,16,19). The van der Waals surface area contributed by atoms with Crippen LogP contribution in [0.15, 0.2) is 36.4 Å². The maximum atomic E-state index is 12.1. The summed E-state index contributed by atoms with van der Waals surface area (Å²) in [7, 11) is 0. The van der Waals surface area contributed by atoms with Crippen LogP contribution in [-0.2, 0) is 0 Å². The number of hydrogen-bond acceptors (Lipinski definition) is 5. The normalized spacial score (nSPS) is 10.2. The predicted octanol–water partition coefficient (Wildman–Crippen LogP) is 4.06. The summed E-state index contributed by atoms with van der Waals surface area (Å²) in [5, 5.41) is 24.2. The Labute approximate surface area is 138 Å². The summed E-state index contributed by atoms with van der Waals surface area (Å²) in [4.78, 5) is 32.2. The Bertz CT molecular complexity index is 808. The molecule has 1 N–H and O–H groups in total. The van der Waals surface area contributed by atoms with E-state index in [-0.39, 0.29) is 16.3 Å². The predicted molar refractivity (Wildman–Crippen MR) is 84.2 cm³/mol. The number of hydrogen-bond donors (Lipinski definition) is 1. The second kappa shape index (κ2) is 6.59. The first-order valence-electron chi connectivity index (χ1n) is 5.99. The molecule has 8 nitrogen and oxygen atoms in total. The Hall–Kier alpha value is -2.71. The van der Waals surface area contributed by atoms with Crippen molar-refractivity contribution in [3.63, 3.8) is 0 Å². The zero-order valence-electron chi connectivity index (χ0n) is 11.2. The molecule has 2 aromatic carbocycles. The molecular weight excluding hydrogens is 349 g/mol. The molecule has 118 valence electrons. The molecule has 0 radical (unpaired) electrons. The maximum Gasteiger partial charge on any atom is 0.301 e. The SMILES string of the molecule is O=C(Nc1c(Cl)cc([N+](=O)[O-])cc1[N+](=O)[O-])c1ccc(Cl)cc1. The van der Waals surface area contributed by atoms with Crippen LogP contribution >= 0.6 is 23.2 Å². The fraction of sp³-hybridized carbons (Fsp3) is 0. The van der Waals surface area contributed by atoms with E-state index in [4.69, 9.17) is 23.2 Å². The Balaban J connectivity index is 2.42. The van der Waals surface area contributed by atoms with Crippen LogP contribution in [0.1, 0.15) is 10.4 Å². The highest BCUT2D eigenvalue weighted by Gasteiger charge is 2.25. The molecule has 1 amide bonds. The van der Waals surface area contributed by atoms with Crippen LogP contribution in [0.2, 0.25) is 10.0 Å². The van der Waals surface area contributed by atoms with Gasteiger partial charge < -0.3 is 5.32 Å². The van der Waals surface area contributed by atoms with Gasteiger partial charge in [0.25, 0.3) is 11.6 Å². The topological polar surface area (TPSA) is 115 Å². The molecule has 0 aromatic heterocycles. The number of nitrogens with zero attached hydrogens (tertiary/aromatic N) is 2. The quantitative estimate of drug-likeness (QED) is 0.655. The van der Waals surface area contributed by atoms with Crippen LogP contribution in [0.5, 0.6) is 0 Å². The lowest BCUT2D eigenvalue weighted by atomic mass is 10.2. The summed E-state index contributed by atoms with van der Waals surface area (Å²) in [6, 6.07) is 7.44. The lowest BCUT2D eigenvalue weighted by Crippen LogP contribution is -2.13. The van der Waals surface area contributed by atoms with Gasteiger partial charge in [-0.15, -0.1) is 0 Å². The van der Waals surface area contributed by atoms with E-state index in [1.165, 1.54) is 24.3 Å². The molecule has 0 saturated heterocycles. The van der Waals surface area contributed by atoms with E-state index in [1.807, 2.05) is 0 Å². The van der Waals surface area contributed by atoms with Crippen molar-refractivity contribution in [3.05, 3.63) is 72.2 Å². The van der Waals surface area contributed by atoms with Gasteiger partial charge in [0.2, 0.25) is 0 Å². The van der Waals surface area contributed by atoms with Gasteiger partial charge in [-0.25, -0.2) is 0 Å². The summed E-state index contributed by atoms with van der Waals surface area (Å²) in [6.45, 7) is 0. The molecule has 0 saturated carbocycles.